The van der Waals surface area contributed by atoms with Gasteiger partial charge in [0.2, 0.25) is 5.91 Å². The average Bonchev–Trinajstić information content (AvgIpc) is 2.57. The number of nitrogens with zero attached hydrogens (tertiary/aromatic N) is 1. The van der Waals surface area contributed by atoms with Crippen LogP contribution in [0.15, 0.2) is 53.4 Å². The molecule has 8 heteroatoms. The Kier molecular flexibility index (Phi) is 7.38. The Morgan fingerprint density at radius 3 is 2.40 bits per heavy atom. The molecule has 0 heterocycles. The fourth-order valence-electron chi connectivity index (χ4n) is 2.12. The molecule has 1 unspecified atom stereocenters. The highest BCUT2D eigenvalue weighted by molar-refractivity contribution is 7.97. The van der Waals surface area contributed by atoms with E-state index in [0.29, 0.717) is 6.54 Å². The molecular formula is C17H24N6OS. The van der Waals surface area contributed by atoms with Crippen LogP contribution in [0.5, 0.6) is 0 Å². The Bertz CT molecular complexity index is 677. The zero-order chi connectivity index (χ0) is 18.2. The van der Waals surface area contributed by atoms with E-state index >= 15 is 0 Å². The lowest BCUT2D eigenvalue weighted by atomic mass is 10.1. The lowest BCUT2D eigenvalue weighted by molar-refractivity contribution is -0.116. The van der Waals surface area contributed by atoms with Crippen molar-refractivity contribution in [2.45, 2.75) is 24.5 Å². The molecule has 0 spiro atoms. The molecule has 0 aromatic heterocycles. The first-order valence-electron chi connectivity index (χ1n) is 7.81. The Labute approximate surface area is 152 Å². The number of hydrogen-bond acceptors (Lipinski definition) is 7. The second kappa shape index (κ2) is 9.52. The standard InChI is InChI=1S/C17H24N6OS/c1-12-2-4-13(5-3-12)11-23(20)22-17(19)14-6-8-15(9-7-14)25-21-10-16(18)24/h2-9,17,21-22H,10-11,19-20H2,1H3,(H2,18,24). The van der Waals surface area contributed by atoms with Crippen LogP contribution in [0.2, 0.25) is 0 Å². The third kappa shape index (κ3) is 6.83. The van der Waals surface area contributed by atoms with Crippen molar-refractivity contribution >= 4 is 17.9 Å². The molecule has 2 aromatic rings. The fourth-order valence-corrected chi connectivity index (χ4v) is 2.78. The normalized spacial score (nSPS) is 12.3. The van der Waals surface area contributed by atoms with E-state index in [4.69, 9.17) is 17.3 Å². The topological polar surface area (TPSA) is 122 Å². The Morgan fingerprint density at radius 2 is 1.80 bits per heavy atom. The number of nitrogens with one attached hydrogen (secondary N) is 2. The number of rotatable bonds is 9. The minimum Gasteiger partial charge on any atom is -0.369 e. The molecule has 7 nitrogen and oxygen atoms in total. The second-order valence-corrected chi connectivity index (χ2v) is 6.64. The number of aryl methyl sites for hydroxylation is 1. The van der Waals surface area contributed by atoms with E-state index in [9.17, 15) is 4.79 Å². The van der Waals surface area contributed by atoms with Gasteiger partial charge in [-0.1, -0.05) is 42.0 Å². The van der Waals surface area contributed by atoms with Gasteiger partial charge in [0.1, 0.15) is 0 Å². The number of carbonyl (C=O) groups is 1. The number of amides is 1. The van der Waals surface area contributed by atoms with Gasteiger partial charge in [-0.25, -0.2) is 5.43 Å². The zero-order valence-electron chi connectivity index (χ0n) is 14.1. The highest BCUT2D eigenvalue weighted by Crippen LogP contribution is 2.17. The monoisotopic (exact) mass is 360 g/mol. The van der Waals surface area contributed by atoms with Crippen molar-refractivity contribution in [1.29, 1.82) is 0 Å². The van der Waals surface area contributed by atoms with Crippen LogP contribution in [0.4, 0.5) is 0 Å². The molecule has 1 atom stereocenters. The quantitative estimate of drug-likeness (QED) is 0.195. The largest absolute Gasteiger partial charge is 0.369 e. The number of nitrogens with two attached hydrogens (primary N) is 3. The van der Waals surface area contributed by atoms with Gasteiger partial charge in [0, 0.05) is 4.90 Å². The number of primary amides is 1. The van der Waals surface area contributed by atoms with Crippen molar-refractivity contribution in [3.8, 4) is 0 Å². The van der Waals surface area contributed by atoms with Gasteiger partial charge in [-0.3, -0.25) is 15.4 Å². The lowest BCUT2D eigenvalue weighted by Gasteiger charge is -2.23. The van der Waals surface area contributed by atoms with Gasteiger partial charge >= 0.3 is 0 Å². The summed E-state index contributed by atoms with van der Waals surface area (Å²) in [7, 11) is 0. The summed E-state index contributed by atoms with van der Waals surface area (Å²) in [6.45, 7) is 2.71. The molecule has 0 aliphatic heterocycles. The molecule has 0 aliphatic carbocycles. The van der Waals surface area contributed by atoms with Gasteiger partial charge in [0.25, 0.3) is 0 Å². The Morgan fingerprint density at radius 1 is 1.16 bits per heavy atom. The smallest absolute Gasteiger partial charge is 0.232 e. The third-order valence-electron chi connectivity index (χ3n) is 3.45. The summed E-state index contributed by atoms with van der Waals surface area (Å²) >= 11 is 1.34. The Hall–Kier alpha value is -1.94. The number of carbonyl (C=O) groups excluding carboxylic acids is 1. The number of hydrazine groups is 2. The van der Waals surface area contributed by atoms with Crippen LogP contribution in [0.3, 0.4) is 0 Å². The van der Waals surface area contributed by atoms with Crippen LogP contribution < -0.4 is 27.5 Å². The summed E-state index contributed by atoms with van der Waals surface area (Å²) < 4.78 is 2.88. The molecule has 0 fully saturated rings. The van der Waals surface area contributed by atoms with Gasteiger partial charge in [-0.15, -0.1) is 0 Å². The van der Waals surface area contributed by atoms with Crippen LogP contribution in [-0.2, 0) is 11.3 Å². The SMILES string of the molecule is Cc1ccc(CN(N)NC(N)c2ccc(SNCC(N)=O)cc2)cc1. The van der Waals surface area contributed by atoms with E-state index in [2.05, 4.69) is 10.1 Å². The first-order chi connectivity index (χ1) is 11.9. The van der Waals surface area contributed by atoms with Gasteiger partial charge < -0.3 is 11.5 Å². The molecule has 0 saturated carbocycles. The summed E-state index contributed by atoms with van der Waals surface area (Å²) in [5, 5.41) is 1.48. The molecule has 0 aliphatic rings. The predicted octanol–water partition coefficient (Wildman–Crippen LogP) is 0.915. The molecule has 134 valence electrons. The van der Waals surface area contributed by atoms with Crippen molar-refractivity contribution in [3.63, 3.8) is 0 Å². The predicted molar refractivity (Wildman–Crippen MR) is 100 cm³/mol. The van der Waals surface area contributed by atoms with Crippen molar-refractivity contribution in [2.24, 2.45) is 17.3 Å². The van der Waals surface area contributed by atoms with Gasteiger partial charge in [-0.2, -0.15) is 5.12 Å². The van der Waals surface area contributed by atoms with E-state index in [-0.39, 0.29) is 6.54 Å². The molecular weight excluding hydrogens is 336 g/mol. The first kappa shape index (κ1) is 19.4. The highest BCUT2D eigenvalue weighted by atomic mass is 32.2. The molecule has 0 radical (unpaired) electrons. The van der Waals surface area contributed by atoms with Crippen LogP contribution in [-0.4, -0.2) is 17.6 Å². The highest BCUT2D eigenvalue weighted by Gasteiger charge is 2.09. The first-order valence-corrected chi connectivity index (χ1v) is 8.63. The number of benzene rings is 2. The van der Waals surface area contributed by atoms with Crippen LogP contribution >= 0.6 is 11.9 Å². The molecule has 0 saturated heterocycles. The van der Waals surface area contributed by atoms with E-state index in [1.807, 2.05) is 55.5 Å². The van der Waals surface area contributed by atoms with E-state index in [1.54, 1.807) is 0 Å². The molecule has 2 aromatic carbocycles. The van der Waals surface area contributed by atoms with E-state index in [1.165, 1.54) is 22.6 Å². The molecule has 2 rings (SSSR count). The van der Waals surface area contributed by atoms with Crippen LogP contribution in [0, 0.1) is 6.92 Å². The van der Waals surface area contributed by atoms with Gasteiger partial charge in [-0.05, 0) is 42.1 Å². The Balaban J connectivity index is 1.83. The maximum atomic E-state index is 10.7. The zero-order valence-corrected chi connectivity index (χ0v) is 14.9. The minimum atomic E-state index is -0.423. The van der Waals surface area contributed by atoms with Crippen LogP contribution in [0.25, 0.3) is 0 Å². The summed E-state index contributed by atoms with van der Waals surface area (Å²) in [5.74, 6) is 5.59. The van der Waals surface area contributed by atoms with E-state index < -0.39 is 12.1 Å². The maximum Gasteiger partial charge on any atom is 0.232 e. The third-order valence-corrected chi connectivity index (χ3v) is 4.25. The lowest BCUT2D eigenvalue weighted by Crippen LogP contribution is -2.47. The van der Waals surface area contributed by atoms with Crippen molar-refractivity contribution < 1.29 is 4.79 Å². The van der Waals surface area contributed by atoms with Crippen molar-refractivity contribution in [3.05, 3.63) is 65.2 Å². The summed E-state index contributed by atoms with van der Waals surface area (Å²) in [4.78, 5) is 11.6. The van der Waals surface area contributed by atoms with E-state index in [0.717, 1.165) is 16.0 Å². The molecule has 0 bridgehead atoms. The minimum absolute atomic E-state index is 0.120. The number of hydrogen-bond donors (Lipinski definition) is 5. The van der Waals surface area contributed by atoms with Crippen LogP contribution in [0.1, 0.15) is 22.9 Å². The summed E-state index contributed by atoms with van der Waals surface area (Å²) in [5.41, 5.74) is 17.5. The molecule has 8 N–H and O–H groups in total. The molecule has 1 amide bonds. The summed E-state index contributed by atoms with van der Waals surface area (Å²) in [6.07, 6.45) is -0.423. The average molecular weight is 360 g/mol. The van der Waals surface area contributed by atoms with Crippen molar-refractivity contribution in [1.82, 2.24) is 15.3 Å². The summed E-state index contributed by atoms with van der Waals surface area (Å²) in [6, 6.07) is 15.8. The fraction of sp³-hybridized carbons (Fsp3) is 0.235. The van der Waals surface area contributed by atoms with Gasteiger partial charge in [0.05, 0.1) is 19.3 Å². The molecule has 25 heavy (non-hydrogen) atoms. The van der Waals surface area contributed by atoms with Gasteiger partial charge in [0.15, 0.2) is 0 Å². The van der Waals surface area contributed by atoms with Crippen molar-refractivity contribution in [2.75, 3.05) is 6.54 Å². The second-order valence-electron chi connectivity index (χ2n) is 5.68. The maximum absolute atomic E-state index is 10.7.